The van der Waals surface area contributed by atoms with Crippen LogP contribution < -0.4 is 15.5 Å². The molecule has 1 heterocycles. The molecule has 3 amide bonds. The number of aliphatic carboxylic acids is 1. The van der Waals surface area contributed by atoms with Crippen molar-refractivity contribution in [3.63, 3.8) is 0 Å². The Balaban J connectivity index is 1.75. The molecule has 1 saturated heterocycles. The predicted molar refractivity (Wildman–Crippen MR) is 93.7 cm³/mol. The smallest absolute Gasteiger partial charge is 0.329 e. The van der Waals surface area contributed by atoms with Gasteiger partial charge in [-0.3, -0.25) is 9.59 Å². The summed E-state index contributed by atoms with van der Waals surface area (Å²) in [6, 6.07) is 4.78. The zero-order valence-corrected chi connectivity index (χ0v) is 14.4. The molecule has 0 radical (unpaired) electrons. The third-order valence-corrected chi connectivity index (χ3v) is 5.12. The number of hydrogen-bond acceptors (Lipinski definition) is 4. The molecule has 25 heavy (non-hydrogen) atoms. The van der Waals surface area contributed by atoms with Crippen molar-refractivity contribution in [2.75, 3.05) is 10.2 Å². The van der Waals surface area contributed by atoms with E-state index in [9.17, 15) is 14.4 Å². The lowest BCUT2D eigenvalue weighted by Gasteiger charge is -2.29. The quantitative estimate of drug-likeness (QED) is 0.728. The van der Waals surface area contributed by atoms with E-state index in [1.54, 1.807) is 13.0 Å². The van der Waals surface area contributed by atoms with Gasteiger partial charge in [-0.2, -0.15) is 0 Å². The number of nitrogens with one attached hydrogen (secondary N) is 2. The largest absolute Gasteiger partial charge is 0.481 e. The molecule has 0 bridgehead atoms. The number of anilines is 2. The first-order chi connectivity index (χ1) is 11.9. The summed E-state index contributed by atoms with van der Waals surface area (Å²) in [6.07, 6.45) is 2.91. The first-order valence-corrected chi connectivity index (χ1v) is 8.62. The van der Waals surface area contributed by atoms with Gasteiger partial charge in [0.1, 0.15) is 6.04 Å². The number of carboxylic acids is 1. The third kappa shape index (κ3) is 3.31. The van der Waals surface area contributed by atoms with E-state index in [0.29, 0.717) is 18.5 Å². The van der Waals surface area contributed by atoms with E-state index in [0.717, 1.165) is 24.1 Å². The zero-order chi connectivity index (χ0) is 18.1. The molecule has 1 saturated carbocycles. The van der Waals surface area contributed by atoms with Crippen LogP contribution in [-0.2, 0) is 9.59 Å². The minimum absolute atomic E-state index is 0.201. The zero-order valence-electron chi connectivity index (χ0n) is 14.4. The third-order valence-electron chi connectivity index (χ3n) is 5.12. The molecule has 1 unspecified atom stereocenters. The Morgan fingerprint density at radius 1 is 1.24 bits per heavy atom. The molecule has 3 rings (SSSR count). The van der Waals surface area contributed by atoms with Crippen LogP contribution in [0.2, 0.25) is 0 Å². The number of carboxylic acid groups (broad SMARTS) is 1. The van der Waals surface area contributed by atoms with E-state index in [2.05, 4.69) is 10.6 Å². The van der Waals surface area contributed by atoms with E-state index in [-0.39, 0.29) is 17.9 Å². The maximum Gasteiger partial charge on any atom is 0.329 e. The Bertz CT molecular complexity index is 710. The van der Waals surface area contributed by atoms with Crippen molar-refractivity contribution in [3.8, 4) is 0 Å². The second-order valence-corrected chi connectivity index (χ2v) is 6.83. The fourth-order valence-corrected chi connectivity index (χ4v) is 3.56. The summed E-state index contributed by atoms with van der Waals surface area (Å²) in [4.78, 5) is 36.5. The molecule has 1 aliphatic heterocycles. The van der Waals surface area contributed by atoms with Crippen LogP contribution in [0.5, 0.6) is 0 Å². The Morgan fingerprint density at radius 2 is 1.92 bits per heavy atom. The van der Waals surface area contributed by atoms with Gasteiger partial charge in [-0.25, -0.2) is 9.69 Å². The Kier molecular flexibility index (Phi) is 4.65. The first-order valence-electron chi connectivity index (χ1n) is 8.62. The number of hydrogen-bond donors (Lipinski definition) is 3. The van der Waals surface area contributed by atoms with Gasteiger partial charge in [0.05, 0.1) is 11.6 Å². The number of nitrogens with zero attached hydrogens (tertiary/aromatic N) is 1. The highest BCUT2D eigenvalue weighted by Gasteiger charge is 2.37. The molecule has 2 aliphatic rings. The van der Waals surface area contributed by atoms with Crippen molar-refractivity contribution >= 4 is 29.3 Å². The van der Waals surface area contributed by atoms with Gasteiger partial charge in [-0.05, 0) is 57.2 Å². The van der Waals surface area contributed by atoms with Crippen LogP contribution in [0.3, 0.4) is 0 Å². The van der Waals surface area contributed by atoms with Gasteiger partial charge in [0, 0.05) is 11.7 Å². The molecule has 1 aromatic rings. The fourth-order valence-electron chi connectivity index (χ4n) is 3.56. The summed E-state index contributed by atoms with van der Waals surface area (Å²) >= 11 is 0. The van der Waals surface area contributed by atoms with Gasteiger partial charge in [0.25, 0.3) is 5.91 Å². The lowest BCUT2D eigenvalue weighted by Crippen LogP contribution is -2.32. The highest BCUT2D eigenvalue weighted by Crippen LogP contribution is 2.32. The van der Waals surface area contributed by atoms with Crippen molar-refractivity contribution in [2.24, 2.45) is 5.92 Å². The van der Waals surface area contributed by atoms with Crippen LogP contribution >= 0.6 is 0 Å². The van der Waals surface area contributed by atoms with Crippen LogP contribution in [0.15, 0.2) is 18.2 Å². The SMILES string of the molecule is Cc1c(NC2CCC(C(=O)O)CC2)cccc1N1C(=O)NC(C)C1=O. The first kappa shape index (κ1) is 17.3. The van der Waals surface area contributed by atoms with Gasteiger partial charge < -0.3 is 15.7 Å². The van der Waals surface area contributed by atoms with Gasteiger partial charge in [0.2, 0.25) is 0 Å². The molecular weight excluding hydrogens is 322 g/mol. The average molecular weight is 345 g/mol. The molecule has 1 atom stereocenters. The predicted octanol–water partition coefficient (Wildman–Crippen LogP) is 2.50. The highest BCUT2D eigenvalue weighted by atomic mass is 16.4. The second-order valence-electron chi connectivity index (χ2n) is 6.83. The molecule has 7 heteroatoms. The van der Waals surface area contributed by atoms with Crippen LogP contribution in [0.25, 0.3) is 0 Å². The summed E-state index contributed by atoms with van der Waals surface area (Å²) in [6.45, 7) is 3.54. The fraction of sp³-hybridized carbons (Fsp3) is 0.500. The number of imide groups is 1. The van der Waals surface area contributed by atoms with Crippen molar-refractivity contribution in [2.45, 2.75) is 51.6 Å². The van der Waals surface area contributed by atoms with Crippen LogP contribution in [0.1, 0.15) is 38.2 Å². The van der Waals surface area contributed by atoms with Crippen LogP contribution in [-0.4, -0.2) is 35.1 Å². The van der Waals surface area contributed by atoms with Gasteiger partial charge >= 0.3 is 12.0 Å². The van der Waals surface area contributed by atoms with E-state index in [1.807, 2.05) is 19.1 Å². The highest BCUT2D eigenvalue weighted by molar-refractivity contribution is 6.21. The molecular formula is C18H23N3O4. The maximum absolute atomic E-state index is 12.2. The average Bonchev–Trinajstić information content (AvgIpc) is 2.83. The summed E-state index contributed by atoms with van der Waals surface area (Å²) < 4.78 is 0. The van der Waals surface area contributed by atoms with E-state index >= 15 is 0 Å². The van der Waals surface area contributed by atoms with Gasteiger partial charge in [0.15, 0.2) is 0 Å². The Hall–Kier alpha value is -2.57. The number of amides is 3. The molecule has 0 aromatic heterocycles. The molecule has 2 fully saturated rings. The number of urea groups is 1. The summed E-state index contributed by atoms with van der Waals surface area (Å²) in [5, 5.41) is 15.2. The number of carbonyl (C=O) groups excluding carboxylic acids is 2. The lowest BCUT2D eigenvalue weighted by molar-refractivity contribution is -0.142. The topological polar surface area (TPSA) is 98.7 Å². The minimum atomic E-state index is -0.718. The van der Waals surface area contributed by atoms with Gasteiger partial charge in [-0.15, -0.1) is 0 Å². The Morgan fingerprint density at radius 3 is 2.48 bits per heavy atom. The molecule has 1 aliphatic carbocycles. The van der Waals surface area contributed by atoms with Crippen LogP contribution in [0, 0.1) is 12.8 Å². The number of carbonyl (C=O) groups is 3. The van der Waals surface area contributed by atoms with E-state index in [4.69, 9.17) is 5.11 Å². The van der Waals surface area contributed by atoms with Gasteiger partial charge in [-0.1, -0.05) is 6.07 Å². The number of rotatable bonds is 4. The lowest BCUT2D eigenvalue weighted by atomic mass is 9.86. The molecule has 1 aromatic carbocycles. The van der Waals surface area contributed by atoms with E-state index < -0.39 is 18.0 Å². The summed E-state index contributed by atoms with van der Waals surface area (Å²) in [7, 11) is 0. The van der Waals surface area contributed by atoms with Crippen molar-refractivity contribution in [1.82, 2.24) is 5.32 Å². The normalized spacial score (nSPS) is 26.5. The molecule has 0 spiro atoms. The van der Waals surface area contributed by atoms with Crippen molar-refractivity contribution < 1.29 is 19.5 Å². The van der Waals surface area contributed by atoms with Crippen LogP contribution in [0.4, 0.5) is 16.2 Å². The van der Waals surface area contributed by atoms with Crippen molar-refractivity contribution in [3.05, 3.63) is 23.8 Å². The van der Waals surface area contributed by atoms with E-state index in [1.165, 1.54) is 4.90 Å². The molecule has 3 N–H and O–H groups in total. The number of benzene rings is 1. The minimum Gasteiger partial charge on any atom is -0.481 e. The molecule has 134 valence electrons. The maximum atomic E-state index is 12.2. The standard InChI is InChI=1S/C18H23N3O4/c1-10-14(20-13-8-6-12(7-9-13)17(23)24)4-3-5-15(10)21-16(22)11(2)19-18(21)25/h3-5,11-13,20H,6-9H2,1-2H3,(H,19,25)(H,23,24). The molecule has 7 nitrogen and oxygen atoms in total. The summed E-state index contributed by atoms with van der Waals surface area (Å²) in [5.74, 6) is -1.23. The van der Waals surface area contributed by atoms with Crippen molar-refractivity contribution in [1.29, 1.82) is 0 Å². The summed E-state index contributed by atoms with van der Waals surface area (Å²) in [5.41, 5.74) is 2.29. The Labute approximate surface area is 146 Å². The monoisotopic (exact) mass is 345 g/mol. The second kappa shape index (κ2) is 6.74.